The number of nitrogen functional groups attached to an aromatic ring is 1. The topological polar surface area (TPSA) is 58.4 Å². The number of carbonyl (C=O) groups excluding carboxylic acids is 1. The molecule has 0 spiro atoms. The second-order valence-corrected chi connectivity index (χ2v) is 5.33. The van der Waals surface area contributed by atoms with Crippen molar-refractivity contribution in [2.75, 3.05) is 22.5 Å². The van der Waals surface area contributed by atoms with Crippen LogP contribution in [0.15, 0.2) is 40.9 Å². The molecule has 1 heterocycles. The number of fused-ring (bicyclic) bond motifs is 1. The predicted molar refractivity (Wildman–Crippen MR) is 80.6 cm³/mol. The third-order valence-corrected chi connectivity index (χ3v) is 3.74. The van der Waals surface area contributed by atoms with Crippen LogP contribution in [0.4, 0.5) is 27.1 Å². The van der Waals surface area contributed by atoms with E-state index < -0.39 is 5.82 Å². The molecule has 3 N–H and O–H groups in total. The molecule has 6 heteroatoms. The number of nitrogens with zero attached hydrogens (tertiary/aromatic N) is 1. The highest BCUT2D eigenvalue weighted by molar-refractivity contribution is 9.10. The SMILES string of the molecule is Nc1cc(F)c(Br)cc1N1CC(=O)Nc2ccccc21. The first-order chi connectivity index (χ1) is 9.56. The lowest BCUT2D eigenvalue weighted by Gasteiger charge is -2.31. The van der Waals surface area contributed by atoms with Gasteiger partial charge in [-0.1, -0.05) is 12.1 Å². The second kappa shape index (κ2) is 4.79. The normalized spacial score (nSPS) is 13.9. The molecule has 4 nitrogen and oxygen atoms in total. The maximum Gasteiger partial charge on any atom is 0.244 e. The van der Waals surface area contributed by atoms with Crippen molar-refractivity contribution >= 4 is 44.6 Å². The molecule has 0 unspecified atom stereocenters. The van der Waals surface area contributed by atoms with Crippen molar-refractivity contribution in [3.63, 3.8) is 0 Å². The van der Waals surface area contributed by atoms with E-state index in [2.05, 4.69) is 21.2 Å². The van der Waals surface area contributed by atoms with E-state index in [-0.39, 0.29) is 18.1 Å². The number of hydrogen-bond donors (Lipinski definition) is 2. The Kier molecular flexibility index (Phi) is 3.10. The first-order valence-electron chi connectivity index (χ1n) is 5.97. The molecular weight excluding hydrogens is 325 g/mol. The number of amides is 1. The van der Waals surface area contributed by atoms with Gasteiger partial charge >= 0.3 is 0 Å². The molecule has 0 radical (unpaired) electrons. The Morgan fingerprint density at radius 1 is 1.25 bits per heavy atom. The van der Waals surface area contributed by atoms with Gasteiger partial charge in [0, 0.05) is 6.07 Å². The van der Waals surface area contributed by atoms with E-state index in [1.807, 2.05) is 24.3 Å². The quantitative estimate of drug-likeness (QED) is 0.786. The minimum atomic E-state index is -0.430. The average Bonchev–Trinajstić information content (AvgIpc) is 2.42. The molecule has 2 aromatic rings. The first kappa shape index (κ1) is 12.9. The van der Waals surface area contributed by atoms with E-state index in [0.29, 0.717) is 15.8 Å². The molecule has 3 rings (SSSR count). The van der Waals surface area contributed by atoms with Gasteiger partial charge in [-0.25, -0.2) is 4.39 Å². The number of nitrogens with one attached hydrogen (secondary N) is 1. The van der Waals surface area contributed by atoms with Gasteiger partial charge in [0.1, 0.15) is 12.4 Å². The highest BCUT2D eigenvalue weighted by atomic mass is 79.9. The summed E-state index contributed by atoms with van der Waals surface area (Å²) in [6, 6.07) is 10.2. The number of para-hydroxylation sites is 2. The standard InChI is InChI=1S/C14H11BrFN3O/c15-8-5-13(10(17)6-9(8)16)19-7-14(20)18-11-3-1-2-4-12(11)19/h1-6H,7,17H2,(H,18,20). The Balaban J connectivity index is 2.15. The van der Waals surface area contributed by atoms with Gasteiger partial charge in [-0.2, -0.15) is 0 Å². The molecular formula is C14H11BrFN3O. The summed E-state index contributed by atoms with van der Waals surface area (Å²) in [6.45, 7) is 0.138. The first-order valence-corrected chi connectivity index (χ1v) is 6.76. The fourth-order valence-corrected chi connectivity index (χ4v) is 2.56. The van der Waals surface area contributed by atoms with Crippen LogP contribution < -0.4 is 16.0 Å². The van der Waals surface area contributed by atoms with E-state index in [1.54, 1.807) is 11.0 Å². The Bertz CT molecular complexity index is 705. The lowest BCUT2D eigenvalue weighted by Crippen LogP contribution is -2.35. The van der Waals surface area contributed by atoms with Crippen molar-refractivity contribution in [2.45, 2.75) is 0 Å². The number of nitrogens with two attached hydrogens (primary N) is 1. The van der Waals surface area contributed by atoms with Crippen molar-refractivity contribution in [3.05, 3.63) is 46.7 Å². The number of halogens is 2. The van der Waals surface area contributed by atoms with E-state index in [4.69, 9.17) is 5.73 Å². The van der Waals surface area contributed by atoms with Gasteiger partial charge < -0.3 is 16.0 Å². The molecule has 0 aromatic heterocycles. The maximum atomic E-state index is 13.5. The van der Waals surface area contributed by atoms with Gasteiger partial charge in [-0.15, -0.1) is 0 Å². The van der Waals surface area contributed by atoms with Crippen LogP contribution in [0.3, 0.4) is 0 Å². The van der Waals surface area contributed by atoms with Crippen LogP contribution in [0.2, 0.25) is 0 Å². The molecule has 0 saturated heterocycles. The lowest BCUT2D eigenvalue weighted by molar-refractivity contribution is -0.115. The zero-order valence-electron chi connectivity index (χ0n) is 10.4. The van der Waals surface area contributed by atoms with Crippen LogP contribution in [-0.4, -0.2) is 12.5 Å². The molecule has 2 aromatic carbocycles. The van der Waals surface area contributed by atoms with Crippen LogP contribution in [0.25, 0.3) is 0 Å². The van der Waals surface area contributed by atoms with Crippen molar-refractivity contribution in [1.29, 1.82) is 0 Å². The highest BCUT2D eigenvalue weighted by Crippen LogP contribution is 2.39. The zero-order valence-corrected chi connectivity index (χ0v) is 11.9. The Hall–Kier alpha value is -2.08. The average molecular weight is 336 g/mol. The molecule has 1 amide bonds. The van der Waals surface area contributed by atoms with E-state index in [0.717, 1.165) is 5.69 Å². The van der Waals surface area contributed by atoms with Crippen LogP contribution in [0, 0.1) is 5.82 Å². The predicted octanol–water partition coefficient (Wildman–Crippen LogP) is 3.26. The van der Waals surface area contributed by atoms with Crippen LogP contribution in [0.5, 0.6) is 0 Å². The molecule has 0 bridgehead atoms. The summed E-state index contributed by atoms with van der Waals surface area (Å²) in [5.41, 5.74) is 8.32. The van der Waals surface area contributed by atoms with E-state index in [9.17, 15) is 9.18 Å². The van der Waals surface area contributed by atoms with Crippen molar-refractivity contribution < 1.29 is 9.18 Å². The molecule has 1 aliphatic heterocycles. The summed E-state index contributed by atoms with van der Waals surface area (Å²) >= 11 is 3.14. The van der Waals surface area contributed by atoms with Gasteiger partial charge in [0.25, 0.3) is 0 Å². The van der Waals surface area contributed by atoms with Gasteiger partial charge in [0.05, 0.1) is 27.2 Å². The fourth-order valence-electron chi connectivity index (χ4n) is 2.23. The molecule has 0 aliphatic carbocycles. The number of rotatable bonds is 1. The van der Waals surface area contributed by atoms with E-state index >= 15 is 0 Å². The number of hydrogen-bond acceptors (Lipinski definition) is 3. The second-order valence-electron chi connectivity index (χ2n) is 4.48. The molecule has 1 aliphatic rings. The monoisotopic (exact) mass is 335 g/mol. The van der Waals surface area contributed by atoms with Crippen LogP contribution in [-0.2, 0) is 4.79 Å². The van der Waals surface area contributed by atoms with Gasteiger partial charge in [-0.05, 0) is 34.1 Å². The third-order valence-electron chi connectivity index (χ3n) is 3.13. The summed E-state index contributed by atoms with van der Waals surface area (Å²) < 4.78 is 13.8. The van der Waals surface area contributed by atoms with Crippen LogP contribution in [0.1, 0.15) is 0 Å². The minimum Gasteiger partial charge on any atom is -0.397 e. The number of benzene rings is 2. The summed E-state index contributed by atoms with van der Waals surface area (Å²) in [5.74, 6) is -0.565. The van der Waals surface area contributed by atoms with Crippen LogP contribution >= 0.6 is 15.9 Å². The zero-order chi connectivity index (χ0) is 14.3. The fraction of sp³-hybridized carbons (Fsp3) is 0.0714. The van der Waals surface area contributed by atoms with Crippen molar-refractivity contribution in [3.8, 4) is 0 Å². The molecule has 20 heavy (non-hydrogen) atoms. The van der Waals surface area contributed by atoms with Gasteiger partial charge in [-0.3, -0.25) is 4.79 Å². The van der Waals surface area contributed by atoms with Crippen molar-refractivity contribution in [1.82, 2.24) is 0 Å². The lowest BCUT2D eigenvalue weighted by atomic mass is 10.1. The highest BCUT2D eigenvalue weighted by Gasteiger charge is 2.24. The minimum absolute atomic E-state index is 0.136. The largest absolute Gasteiger partial charge is 0.397 e. The molecule has 0 fully saturated rings. The van der Waals surface area contributed by atoms with Gasteiger partial charge in [0.15, 0.2) is 0 Å². The Morgan fingerprint density at radius 2 is 2.00 bits per heavy atom. The summed E-state index contributed by atoms with van der Waals surface area (Å²) in [4.78, 5) is 13.6. The molecule has 0 atom stereocenters. The van der Waals surface area contributed by atoms with E-state index in [1.165, 1.54) is 6.07 Å². The maximum absolute atomic E-state index is 13.5. The summed E-state index contributed by atoms with van der Waals surface area (Å²) in [6.07, 6.45) is 0. The third kappa shape index (κ3) is 2.12. The summed E-state index contributed by atoms with van der Waals surface area (Å²) in [5, 5.41) is 2.80. The Labute approximate surface area is 123 Å². The molecule has 0 saturated carbocycles. The van der Waals surface area contributed by atoms with Crippen molar-refractivity contribution in [2.24, 2.45) is 0 Å². The van der Waals surface area contributed by atoms with Gasteiger partial charge in [0.2, 0.25) is 5.91 Å². The molecule has 102 valence electrons. The summed E-state index contributed by atoms with van der Waals surface area (Å²) in [7, 11) is 0. The Morgan fingerprint density at radius 3 is 2.80 bits per heavy atom. The number of anilines is 4. The number of carbonyl (C=O) groups is 1. The smallest absolute Gasteiger partial charge is 0.244 e.